The second kappa shape index (κ2) is 16.8. The molecule has 0 bridgehead atoms. The quantitative estimate of drug-likeness (QED) is 0.147. The van der Waals surface area contributed by atoms with E-state index in [2.05, 4.69) is 292 Å². The summed E-state index contributed by atoms with van der Waals surface area (Å²) in [4.78, 5) is 2.39. The maximum absolute atomic E-state index is 2.41. The molecule has 0 spiro atoms. The van der Waals surface area contributed by atoms with Crippen LogP contribution in [0.4, 0.5) is 17.1 Å². The van der Waals surface area contributed by atoms with E-state index >= 15 is 0 Å². The van der Waals surface area contributed by atoms with Crippen LogP contribution in [0.3, 0.4) is 0 Å². The first-order valence-electron chi connectivity index (χ1n) is 26.0. The van der Waals surface area contributed by atoms with E-state index in [-0.39, 0.29) is 10.8 Å². The standard InChI is InChI=1S/C72H54N2/c1-71(2)65-19-11-8-16-59(65)61-41-32-53(45-67(61)71)50-28-37-57(38-29-50)73(58-39-30-51(31-40-58)54-33-42-62-60-17-9-12-20-66(60)72(3,4)68(62)46-54)56-35-26-48(27-36-56)47-22-24-49(25-23-47)52-34-43-70-64(44-52)63-18-10-13-21-69(63)74(70)55-14-6-5-7-15-55/h5-46H,1-4H3. The van der Waals surface area contributed by atoms with Crippen molar-refractivity contribution in [2.24, 2.45) is 0 Å². The highest BCUT2D eigenvalue weighted by molar-refractivity contribution is 6.10. The minimum absolute atomic E-state index is 0.0541. The minimum atomic E-state index is -0.0541. The van der Waals surface area contributed by atoms with E-state index in [9.17, 15) is 0 Å². The van der Waals surface area contributed by atoms with Gasteiger partial charge in [0.1, 0.15) is 0 Å². The molecule has 11 aromatic carbocycles. The molecule has 2 heteroatoms. The van der Waals surface area contributed by atoms with Crippen molar-refractivity contribution in [1.82, 2.24) is 4.57 Å². The summed E-state index contributed by atoms with van der Waals surface area (Å²) in [5, 5.41) is 2.52. The van der Waals surface area contributed by atoms with Crippen molar-refractivity contribution in [2.45, 2.75) is 38.5 Å². The summed E-state index contributed by atoms with van der Waals surface area (Å²) < 4.78 is 2.37. The average Bonchev–Trinajstić information content (AvgIpc) is 4.00. The fourth-order valence-corrected chi connectivity index (χ4v) is 12.5. The average molecular weight is 947 g/mol. The Balaban J connectivity index is 0.788. The SMILES string of the molecule is CC1(C)c2ccccc2-c2ccc(-c3ccc(N(c4ccc(-c5ccc(-c6ccc7c(c6)c6ccccc6n7-c6ccccc6)cc5)cc4)c4ccc(-c5ccc6c(c5)C(C)(C)c5ccccc5-6)cc4)cc3)cc21. The molecule has 1 heterocycles. The molecule has 352 valence electrons. The van der Waals surface area contributed by atoms with Crippen LogP contribution in [0, 0.1) is 0 Å². The van der Waals surface area contributed by atoms with Gasteiger partial charge in [-0.25, -0.2) is 0 Å². The molecule has 2 aliphatic rings. The highest BCUT2D eigenvalue weighted by atomic mass is 15.1. The Morgan fingerprint density at radius 1 is 0.270 bits per heavy atom. The Morgan fingerprint density at radius 3 is 1.12 bits per heavy atom. The molecule has 14 rings (SSSR count). The van der Waals surface area contributed by atoms with E-state index in [1.54, 1.807) is 0 Å². The van der Waals surface area contributed by atoms with Crippen LogP contribution in [0.25, 0.3) is 94.3 Å². The van der Waals surface area contributed by atoms with Gasteiger partial charge in [0.25, 0.3) is 0 Å². The zero-order chi connectivity index (χ0) is 49.7. The van der Waals surface area contributed by atoms with E-state index < -0.39 is 0 Å². The van der Waals surface area contributed by atoms with Gasteiger partial charge in [-0.3, -0.25) is 0 Å². The van der Waals surface area contributed by atoms with Gasteiger partial charge in [0.2, 0.25) is 0 Å². The smallest absolute Gasteiger partial charge is 0.0541 e. The zero-order valence-corrected chi connectivity index (χ0v) is 42.1. The number of hydrogen-bond acceptors (Lipinski definition) is 1. The summed E-state index contributed by atoms with van der Waals surface area (Å²) in [6, 6.07) is 94.4. The normalized spacial score (nSPS) is 13.6. The summed E-state index contributed by atoms with van der Waals surface area (Å²) in [5.74, 6) is 0. The number of aromatic nitrogens is 1. The van der Waals surface area contributed by atoms with Gasteiger partial charge in [-0.1, -0.05) is 204 Å². The van der Waals surface area contributed by atoms with Gasteiger partial charge in [-0.2, -0.15) is 0 Å². The van der Waals surface area contributed by atoms with Crippen LogP contribution in [0.5, 0.6) is 0 Å². The molecular weight excluding hydrogens is 893 g/mol. The number of nitrogens with zero attached hydrogens (tertiary/aromatic N) is 2. The van der Waals surface area contributed by atoms with Crippen molar-refractivity contribution in [3.05, 3.63) is 277 Å². The second-order valence-corrected chi connectivity index (χ2v) is 21.3. The largest absolute Gasteiger partial charge is 0.311 e. The maximum Gasteiger partial charge on any atom is 0.0541 e. The number of anilines is 3. The monoisotopic (exact) mass is 946 g/mol. The van der Waals surface area contributed by atoms with Crippen LogP contribution < -0.4 is 4.90 Å². The number of benzene rings is 11. The molecule has 74 heavy (non-hydrogen) atoms. The van der Waals surface area contributed by atoms with Gasteiger partial charge < -0.3 is 9.47 Å². The Morgan fingerprint density at radius 2 is 0.622 bits per heavy atom. The summed E-state index contributed by atoms with van der Waals surface area (Å²) >= 11 is 0. The highest BCUT2D eigenvalue weighted by Crippen LogP contribution is 2.51. The van der Waals surface area contributed by atoms with Crippen LogP contribution in [-0.2, 0) is 10.8 Å². The molecule has 0 atom stereocenters. The summed E-state index contributed by atoms with van der Waals surface area (Å²) in [7, 11) is 0. The Hall–Kier alpha value is -8.98. The van der Waals surface area contributed by atoms with Gasteiger partial charge in [0.05, 0.1) is 11.0 Å². The van der Waals surface area contributed by atoms with E-state index in [1.165, 1.54) is 117 Å². The topological polar surface area (TPSA) is 8.17 Å². The lowest BCUT2D eigenvalue weighted by Gasteiger charge is -2.26. The third-order valence-electron chi connectivity index (χ3n) is 16.4. The van der Waals surface area contributed by atoms with Crippen LogP contribution in [0.2, 0.25) is 0 Å². The number of hydrogen-bond donors (Lipinski definition) is 0. The summed E-state index contributed by atoms with van der Waals surface area (Å²) in [6.07, 6.45) is 0. The number of rotatable bonds is 8. The Kier molecular flexibility index (Phi) is 9.94. The Labute approximate surface area is 434 Å². The van der Waals surface area contributed by atoms with Crippen LogP contribution in [-0.4, -0.2) is 4.57 Å². The summed E-state index contributed by atoms with van der Waals surface area (Å²) in [5.41, 5.74) is 27.4. The van der Waals surface area contributed by atoms with Crippen molar-refractivity contribution in [1.29, 1.82) is 0 Å². The van der Waals surface area contributed by atoms with Gasteiger partial charge >= 0.3 is 0 Å². The number of fused-ring (bicyclic) bond motifs is 9. The molecule has 0 amide bonds. The molecular formula is C72H54N2. The molecule has 0 unspecified atom stereocenters. The van der Waals surface area contributed by atoms with Crippen molar-refractivity contribution in [3.63, 3.8) is 0 Å². The van der Waals surface area contributed by atoms with E-state index in [0.717, 1.165) is 17.1 Å². The van der Waals surface area contributed by atoms with Gasteiger partial charge in [-0.15, -0.1) is 0 Å². The molecule has 0 radical (unpaired) electrons. The first-order chi connectivity index (χ1) is 36.2. The lowest BCUT2D eigenvalue weighted by Crippen LogP contribution is -2.14. The van der Waals surface area contributed by atoms with Crippen LogP contribution in [0.15, 0.2) is 255 Å². The molecule has 1 aromatic heterocycles. The fraction of sp³-hybridized carbons (Fsp3) is 0.0833. The zero-order valence-electron chi connectivity index (χ0n) is 42.1. The van der Waals surface area contributed by atoms with Gasteiger partial charge in [0.15, 0.2) is 0 Å². The molecule has 0 fully saturated rings. The Bertz CT molecular complexity index is 3990. The van der Waals surface area contributed by atoms with Crippen molar-refractivity contribution in [2.75, 3.05) is 4.90 Å². The van der Waals surface area contributed by atoms with Crippen molar-refractivity contribution in [3.8, 4) is 72.4 Å². The molecule has 0 saturated heterocycles. The number of para-hydroxylation sites is 2. The maximum atomic E-state index is 2.41. The van der Waals surface area contributed by atoms with Crippen molar-refractivity contribution < 1.29 is 0 Å². The third-order valence-corrected chi connectivity index (χ3v) is 16.4. The molecule has 12 aromatic rings. The molecule has 2 aliphatic carbocycles. The molecule has 0 saturated carbocycles. The first kappa shape index (κ1) is 43.8. The van der Waals surface area contributed by atoms with E-state index in [0.29, 0.717) is 0 Å². The minimum Gasteiger partial charge on any atom is -0.311 e. The molecule has 0 N–H and O–H groups in total. The van der Waals surface area contributed by atoms with Gasteiger partial charge in [0, 0.05) is 44.4 Å². The lowest BCUT2D eigenvalue weighted by molar-refractivity contribution is 0.660. The molecule has 2 nitrogen and oxygen atoms in total. The molecule has 0 aliphatic heterocycles. The van der Waals surface area contributed by atoms with E-state index in [1.807, 2.05) is 0 Å². The van der Waals surface area contributed by atoms with Crippen LogP contribution in [0.1, 0.15) is 49.9 Å². The van der Waals surface area contributed by atoms with Crippen molar-refractivity contribution >= 4 is 38.9 Å². The summed E-state index contributed by atoms with van der Waals surface area (Å²) in [6.45, 7) is 9.41. The third kappa shape index (κ3) is 6.93. The predicted octanol–water partition coefficient (Wildman–Crippen LogP) is 19.5. The highest BCUT2D eigenvalue weighted by Gasteiger charge is 2.36. The van der Waals surface area contributed by atoms with E-state index in [4.69, 9.17) is 0 Å². The van der Waals surface area contributed by atoms with Crippen LogP contribution >= 0.6 is 0 Å². The predicted molar refractivity (Wildman–Crippen MR) is 312 cm³/mol. The second-order valence-electron chi connectivity index (χ2n) is 21.3. The van der Waals surface area contributed by atoms with Gasteiger partial charge in [-0.05, 0) is 168 Å². The lowest BCUT2D eigenvalue weighted by atomic mass is 9.81. The first-order valence-corrected chi connectivity index (χ1v) is 26.0. The fourth-order valence-electron chi connectivity index (χ4n) is 12.5.